The van der Waals surface area contributed by atoms with Gasteiger partial charge in [0.05, 0.1) is 4.88 Å². The van der Waals surface area contributed by atoms with Gasteiger partial charge < -0.3 is 15.8 Å². The molecule has 0 bridgehead atoms. The molecule has 1 aromatic heterocycles. The van der Waals surface area contributed by atoms with Gasteiger partial charge in [0.1, 0.15) is 12.4 Å². The lowest BCUT2D eigenvalue weighted by molar-refractivity contribution is 0.103. The fraction of sp³-hybridized carbons (Fsp3) is 0.389. The standard InChI is InChI=1S/C18H22N2O2S.ClH/c1-12-2-7-16-13(10-12)11-17(23-16)18(21)20-14-3-5-15(6-4-14)22-9-8-19;/h3-6,11-12H,2,7-10,19H2,1H3,(H,20,21);1H. The molecular weight excluding hydrogens is 344 g/mol. The summed E-state index contributed by atoms with van der Waals surface area (Å²) < 4.78 is 5.43. The van der Waals surface area contributed by atoms with Gasteiger partial charge in [-0.3, -0.25) is 4.79 Å². The number of thiophene rings is 1. The minimum Gasteiger partial charge on any atom is -0.492 e. The Balaban J connectivity index is 0.00000208. The number of amides is 1. The number of rotatable bonds is 5. The molecule has 1 aliphatic carbocycles. The van der Waals surface area contributed by atoms with E-state index < -0.39 is 0 Å². The lowest BCUT2D eigenvalue weighted by Gasteiger charge is -2.16. The van der Waals surface area contributed by atoms with Crippen LogP contribution in [0, 0.1) is 5.92 Å². The van der Waals surface area contributed by atoms with Crippen molar-refractivity contribution in [2.45, 2.75) is 26.2 Å². The van der Waals surface area contributed by atoms with Crippen LogP contribution in [0.2, 0.25) is 0 Å². The Morgan fingerprint density at radius 2 is 2.12 bits per heavy atom. The third-order valence-electron chi connectivity index (χ3n) is 4.05. The highest BCUT2D eigenvalue weighted by Gasteiger charge is 2.20. The number of hydrogen-bond donors (Lipinski definition) is 2. The normalized spacial score (nSPS) is 16.0. The number of benzene rings is 1. The van der Waals surface area contributed by atoms with Crippen LogP contribution in [0.1, 0.15) is 33.5 Å². The lowest BCUT2D eigenvalue weighted by atomic mass is 9.90. The lowest BCUT2D eigenvalue weighted by Crippen LogP contribution is -2.11. The predicted molar refractivity (Wildman–Crippen MR) is 102 cm³/mol. The van der Waals surface area contributed by atoms with Crippen molar-refractivity contribution < 1.29 is 9.53 Å². The largest absolute Gasteiger partial charge is 0.492 e. The summed E-state index contributed by atoms with van der Waals surface area (Å²) in [5.41, 5.74) is 7.53. The molecule has 0 fully saturated rings. The molecule has 0 spiro atoms. The van der Waals surface area contributed by atoms with Gasteiger partial charge in [-0.2, -0.15) is 0 Å². The summed E-state index contributed by atoms with van der Waals surface area (Å²) in [4.78, 5) is 14.6. The molecule has 1 aliphatic rings. The van der Waals surface area contributed by atoms with E-state index in [2.05, 4.69) is 18.3 Å². The van der Waals surface area contributed by atoms with Gasteiger partial charge in [-0.25, -0.2) is 0 Å². The van der Waals surface area contributed by atoms with Crippen LogP contribution in [0.15, 0.2) is 30.3 Å². The van der Waals surface area contributed by atoms with Gasteiger partial charge in [0.25, 0.3) is 5.91 Å². The highest BCUT2D eigenvalue weighted by molar-refractivity contribution is 7.14. The molecule has 24 heavy (non-hydrogen) atoms. The summed E-state index contributed by atoms with van der Waals surface area (Å²) in [7, 11) is 0. The summed E-state index contributed by atoms with van der Waals surface area (Å²) in [6, 6.07) is 9.43. The molecule has 1 atom stereocenters. The van der Waals surface area contributed by atoms with Crippen LogP contribution < -0.4 is 15.8 Å². The number of anilines is 1. The summed E-state index contributed by atoms with van der Waals surface area (Å²) in [6.07, 6.45) is 3.41. The molecule has 1 aromatic carbocycles. The topological polar surface area (TPSA) is 64.3 Å². The Hall–Kier alpha value is -1.56. The Morgan fingerprint density at radius 1 is 1.38 bits per heavy atom. The SMILES string of the molecule is CC1CCc2sc(C(=O)Nc3ccc(OCCN)cc3)cc2C1.Cl. The molecule has 2 aromatic rings. The maximum Gasteiger partial charge on any atom is 0.265 e. The average Bonchev–Trinajstić information content (AvgIpc) is 2.97. The molecule has 0 saturated heterocycles. The Bertz CT molecular complexity index is 685. The molecule has 130 valence electrons. The van der Waals surface area contributed by atoms with E-state index in [1.165, 1.54) is 16.9 Å². The van der Waals surface area contributed by atoms with Crippen molar-refractivity contribution >= 4 is 35.3 Å². The van der Waals surface area contributed by atoms with E-state index in [4.69, 9.17) is 10.5 Å². The van der Waals surface area contributed by atoms with Crippen molar-refractivity contribution in [2.75, 3.05) is 18.5 Å². The molecule has 1 amide bonds. The van der Waals surface area contributed by atoms with Crippen molar-refractivity contribution in [3.63, 3.8) is 0 Å². The number of carbonyl (C=O) groups excluding carboxylic acids is 1. The van der Waals surface area contributed by atoms with Gasteiger partial charge in [-0.1, -0.05) is 6.92 Å². The van der Waals surface area contributed by atoms with E-state index in [0.717, 1.165) is 29.2 Å². The van der Waals surface area contributed by atoms with Crippen molar-refractivity contribution in [3.05, 3.63) is 45.6 Å². The number of halogens is 1. The molecule has 3 N–H and O–H groups in total. The van der Waals surface area contributed by atoms with Crippen LogP contribution in [0.25, 0.3) is 0 Å². The molecule has 6 heteroatoms. The van der Waals surface area contributed by atoms with E-state index in [9.17, 15) is 4.79 Å². The maximum absolute atomic E-state index is 12.4. The number of carbonyl (C=O) groups is 1. The van der Waals surface area contributed by atoms with Gasteiger partial charge in [-0.15, -0.1) is 23.7 Å². The third kappa shape index (κ3) is 4.50. The first-order chi connectivity index (χ1) is 11.2. The van der Waals surface area contributed by atoms with E-state index in [1.807, 2.05) is 24.3 Å². The number of nitrogens with two attached hydrogens (primary N) is 1. The third-order valence-corrected chi connectivity index (χ3v) is 5.29. The second kappa shape index (κ2) is 8.51. The molecule has 1 unspecified atom stereocenters. The van der Waals surface area contributed by atoms with Crippen LogP contribution in [0.4, 0.5) is 5.69 Å². The Kier molecular flexibility index (Phi) is 6.66. The van der Waals surface area contributed by atoms with Gasteiger partial charge >= 0.3 is 0 Å². The molecule has 4 nitrogen and oxygen atoms in total. The zero-order chi connectivity index (χ0) is 16.2. The highest BCUT2D eigenvalue weighted by atomic mass is 35.5. The fourth-order valence-electron chi connectivity index (χ4n) is 2.82. The van der Waals surface area contributed by atoms with Crippen molar-refractivity contribution in [3.8, 4) is 5.75 Å². The molecule has 0 aliphatic heterocycles. The second-order valence-corrected chi connectivity index (χ2v) is 7.16. The van der Waals surface area contributed by atoms with Gasteiger partial charge in [-0.05, 0) is 61.1 Å². The summed E-state index contributed by atoms with van der Waals surface area (Å²) in [5.74, 6) is 1.44. The fourth-order valence-corrected chi connectivity index (χ4v) is 3.93. The highest BCUT2D eigenvalue weighted by Crippen LogP contribution is 2.32. The number of aryl methyl sites for hydroxylation is 1. The number of fused-ring (bicyclic) bond motifs is 1. The molecule has 0 radical (unpaired) electrons. The minimum atomic E-state index is -0.0346. The summed E-state index contributed by atoms with van der Waals surface area (Å²) in [5, 5.41) is 2.95. The van der Waals surface area contributed by atoms with E-state index in [0.29, 0.717) is 19.1 Å². The zero-order valence-electron chi connectivity index (χ0n) is 13.7. The Labute approximate surface area is 152 Å². The maximum atomic E-state index is 12.4. The van der Waals surface area contributed by atoms with Crippen LogP contribution in [0.3, 0.4) is 0 Å². The summed E-state index contributed by atoms with van der Waals surface area (Å²) in [6.45, 7) is 3.25. The van der Waals surface area contributed by atoms with Crippen LogP contribution in [-0.4, -0.2) is 19.1 Å². The van der Waals surface area contributed by atoms with Gasteiger partial charge in [0, 0.05) is 17.1 Å². The van der Waals surface area contributed by atoms with Gasteiger partial charge in [0.2, 0.25) is 0 Å². The number of nitrogens with one attached hydrogen (secondary N) is 1. The van der Waals surface area contributed by atoms with Crippen molar-refractivity contribution in [1.82, 2.24) is 0 Å². The van der Waals surface area contributed by atoms with Crippen LogP contribution in [0.5, 0.6) is 5.75 Å². The monoisotopic (exact) mass is 366 g/mol. The molecule has 3 rings (SSSR count). The quantitative estimate of drug-likeness (QED) is 0.843. The van der Waals surface area contributed by atoms with Crippen molar-refractivity contribution in [2.24, 2.45) is 11.7 Å². The molecular formula is C18H23ClN2O2S. The van der Waals surface area contributed by atoms with E-state index in [-0.39, 0.29) is 18.3 Å². The van der Waals surface area contributed by atoms with Crippen molar-refractivity contribution in [1.29, 1.82) is 0 Å². The van der Waals surface area contributed by atoms with Crippen LogP contribution in [-0.2, 0) is 12.8 Å². The first-order valence-electron chi connectivity index (χ1n) is 8.01. The minimum absolute atomic E-state index is 0. The number of ether oxygens (including phenoxy) is 1. The smallest absolute Gasteiger partial charge is 0.265 e. The van der Waals surface area contributed by atoms with E-state index in [1.54, 1.807) is 11.3 Å². The van der Waals surface area contributed by atoms with Gasteiger partial charge in [0.15, 0.2) is 0 Å². The first kappa shape index (κ1) is 18.8. The second-order valence-electron chi connectivity index (χ2n) is 6.02. The zero-order valence-corrected chi connectivity index (χ0v) is 15.3. The first-order valence-corrected chi connectivity index (χ1v) is 8.83. The van der Waals surface area contributed by atoms with Crippen LogP contribution >= 0.6 is 23.7 Å². The number of hydrogen-bond acceptors (Lipinski definition) is 4. The van der Waals surface area contributed by atoms with E-state index >= 15 is 0 Å². The molecule has 0 saturated carbocycles. The Morgan fingerprint density at radius 3 is 2.83 bits per heavy atom. The average molecular weight is 367 g/mol. The molecule has 1 heterocycles. The predicted octanol–water partition coefficient (Wildman–Crippen LogP) is 3.88. The summed E-state index contributed by atoms with van der Waals surface area (Å²) >= 11 is 1.63.